The molecule has 108 valence electrons. The largest absolute Gasteiger partial charge is 0.382 e. The lowest BCUT2D eigenvalue weighted by molar-refractivity contribution is 0.625. The monoisotopic (exact) mass is 304 g/mol. The van der Waals surface area contributed by atoms with Gasteiger partial charge in [0.1, 0.15) is 5.82 Å². The third-order valence-corrected chi connectivity index (χ3v) is 3.21. The molecule has 0 aliphatic carbocycles. The minimum atomic E-state index is -0.471. The molecule has 0 aliphatic heterocycles. The topological polar surface area (TPSA) is 76.8 Å². The van der Waals surface area contributed by atoms with Crippen molar-refractivity contribution in [1.29, 1.82) is 0 Å². The summed E-state index contributed by atoms with van der Waals surface area (Å²) in [7, 11) is 0. The zero-order valence-corrected chi connectivity index (χ0v) is 12.1. The fourth-order valence-corrected chi connectivity index (χ4v) is 2.16. The van der Waals surface area contributed by atoms with Gasteiger partial charge in [-0.3, -0.25) is 0 Å². The van der Waals surface area contributed by atoms with Gasteiger partial charge < -0.3 is 11.5 Å². The molecule has 6 heteroatoms. The summed E-state index contributed by atoms with van der Waals surface area (Å²) in [5, 5.41) is 8.08. The third kappa shape index (κ3) is 3.38. The van der Waals surface area contributed by atoms with Crippen molar-refractivity contribution < 1.29 is 4.39 Å². The first kappa shape index (κ1) is 15.0. The van der Waals surface area contributed by atoms with Crippen LogP contribution in [0.1, 0.15) is 16.7 Å². The summed E-state index contributed by atoms with van der Waals surface area (Å²) >= 11 is 6.08. The number of hydrogen-bond acceptors (Lipinski definition) is 2. The third-order valence-electron chi connectivity index (χ3n) is 2.89. The minimum absolute atomic E-state index is 0.0549. The molecule has 0 amide bonds. The van der Waals surface area contributed by atoms with E-state index in [4.69, 9.17) is 23.1 Å². The average molecular weight is 305 g/mol. The second kappa shape index (κ2) is 6.37. The van der Waals surface area contributed by atoms with Gasteiger partial charge in [0.05, 0.1) is 10.6 Å². The predicted molar refractivity (Wildman–Crippen MR) is 84.0 cm³/mol. The number of nitrogens with zero attached hydrogens (tertiary/aromatic N) is 2. The standard InChI is InChI=1S/C15H14ClFN4/c1-9-5-4-7-11(16)13(9)15(19)21-20-14(18)10-6-2-3-8-12(10)17/h2-8H,1H3,(H2,18,20)(H2,19,21). The first-order chi connectivity index (χ1) is 10.0. The summed E-state index contributed by atoms with van der Waals surface area (Å²) in [5.41, 5.74) is 13.2. The van der Waals surface area contributed by atoms with Crippen molar-refractivity contribution >= 4 is 23.3 Å². The van der Waals surface area contributed by atoms with Crippen molar-refractivity contribution in [2.75, 3.05) is 0 Å². The maximum absolute atomic E-state index is 13.6. The fourth-order valence-electron chi connectivity index (χ4n) is 1.84. The van der Waals surface area contributed by atoms with Gasteiger partial charge in [-0.1, -0.05) is 35.9 Å². The molecule has 0 saturated heterocycles. The van der Waals surface area contributed by atoms with Crippen LogP contribution in [0.2, 0.25) is 5.02 Å². The fraction of sp³-hybridized carbons (Fsp3) is 0.0667. The van der Waals surface area contributed by atoms with Crippen LogP contribution in [-0.4, -0.2) is 11.7 Å². The van der Waals surface area contributed by atoms with Gasteiger partial charge >= 0.3 is 0 Å². The van der Waals surface area contributed by atoms with Crippen LogP contribution in [0.4, 0.5) is 4.39 Å². The van der Waals surface area contributed by atoms with Gasteiger partial charge in [-0.2, -0.15) is 0 Å². The average Bonchev–Trinajstić information content (AvgIpc) is 2.45. The van der Waals surface area contributed by atoms with Gasteiger partial charge in [-0.25, -0.2) is 4.39 Å². The Hall–Kier alpha value is -2.40. The minimum Gasteiger partial charge on any atom is -0.382 e. The number of rotatable bonds is 3. The van der Waals surface area contributed by atoms with Crippen LogP contribution in [0.25, 0.3) is 0 Å². The van der Waals surface area contributed by atoms with Crippen LogP contribution < -0.4 is 11.5 Å². The summed E-state index contributed by atoms with van der Waals surface area (Å²) in [6.45, 7) is 1.85. The van der Waals surface area contributed by atoms with Crippen molar-refractivity contribution in [2.45, 2.75) is 6.92 Å². The highest BCUT2D eigenvalue weighted by Crippen LogP contribution is 2.19. The molecule has 0 saturated carbocycles. The van der Waals surface area contributed by atoms with Crippen LogP contribution in [0.3, 0.4) is 0 Å². The molecule has 0 spiro atoms. The molecule has 21 heavy (non-hydrogen) atoms. The summed E-state index contributed by atoms with van der Waals surface area (Å²) < 4.78 is 13.6. The molecule has 2 rings (SSSR count). The van der Waals surface area contributed by atoms with Gasteiger partial charge in [0.15, 0.2) is 11.7 Å². The lowest BCUT2D eigenvalue weighted by Crippen LogP contribution is -2.18. The Morgan fingerprint density at radius 1 is 1.00 bits per heavy atom. The quantitative estimate of drug-likeness (QED) is 0.519. The molecule has 4 nitrogen and oxygen atoms in total. The maximum atomic E-state index is 13.6. The number of amidine groups is 2. The zero-order chi connectivity index (χ0) is 15.4. The van der Waals surface area contributed by atoms with Crippen molar-refractivity contribution in [3.8, 4) is 0 Å². The Balaban J connectivity index is 2.36. The van der Waals surface area contributed by atoms with Crippen molar-refractivity contribution in [2.24, 2.45) is 21.7 Å². The van der Waals surface area contributed by atoms with E-state index in [0.29, 0.717) is 10.6 Å². The van der Waals surface area contributed by atoms with E-state index in [1.165, 1.54) is 12.1 Å². The van der Waals surface area contributed by atoms with E-state index in [2.05, 4.69) is 10.2 Å². The Kier molecular flexibility index (Phi) is 4.55. The summed E-state index contributed by atoms with van der Waals surface area (Å²) in [6.07, 6.45) is 0. The van der Waals surface area contributed by atoms with Crippen LogP contribution >= 0.6 is 11.6 Å². The molecule has 0 fully saturated rings. The Morgan fingerprint density at radius 2 is 1.67 bits per heavy atom. The molecule has 4 N–H and O–H groups in total. The number of hydrogen-bond donors (Lipinski definition) is 2. The lowest BCUT2D eigenvalue weighted by atomic mass is 10.1. The van der Waals surface area contributed by atoms with Crippen molar-refractivity contribution in [3.63, 3.8) is 0 Å². The van der Waals surface area contributed by atoms with Gasteiger partial charge in [-0.15, -0.1) is 10.2 Å². The highest BCUT2D eigenvalue weighted by atomic mass is 35.5. The maximum Gasteiger partial charge on any atom is 0.156 e. The smallest absolute Gasteiger partial charge is 0.156 e. The Labute approximate surface area is 126 Å². The molecule has 0 unspecified atom stereocenters. The number of benzene rings is 2. The van der Waals surface area contributed by atoms with E-state index >= 15 is 0 Å². The van der Waals surface area contributed by atoms with Crippen LogP contribution in [0.5, 0.6) is 0 Å². The Bertz CT molecular complexity index is 705. The zero-order valence-electron chi connectivity index (χ0n) is 11.3. The predicted octanol–water partition coefficient (Wildman–Crippen LogP) is 2.81. The molecule has 0 bridgehead atoms. The second-order valence-corrected chi connectivity index (χ2v) is 4.79. The van der Waals surface area contributed by atoms with Crippen molar-refractivity contribution in [3.05, 3.63) is 70.0 Å². The molecule has 0 aromatic heterocycles. The first-order valence-corrected chi connectivity index (χ1v) is 6.55. The van der Waals surface area contributed by atoms with Crippen molar-refractivity contribution in [1.82, 2.24) is 0 Å². The molecule has 0 radical (unpaired) electrons. The van der Waals surface area contributed by atoms with Gasteiger partial charge in [0.2, 0.25) is 0 Å². The molecular formula is C15H14ClFN4. The van der Waals surface area contributed by atoms with E-state index < -0.39 is 5.82 Å². The highest BCUT2D eigenvalue weighted by Gasteiger charge is 2.09. The van der Waals surface area contributed by atoms with E-state index in [1.54, 1.807) is 18.2 Å². The Morgan fingerprint density at radius 3 is 2.33 bits per heavy atom. The molecule has 2 aromatic rings. The number of nitrogens with two attached hydrogens (primary N) is 2. The summed E-state index contributed by atoms with van der Waals surface area (Å²) in [6, 6.07) is 11.4. The molecule has 0 heterocycles. The molecule has 0 aliphatic rings. The number of aryl methyl sites for hydroxylation is 1. The van der Waals surface area contributed by atoms with E-state index in [-0.39, 0.29) is 17.2 Å². The van der Waals surface area contributed by atoms with Gasteiger partial charge in [0.25, 0.3) is 0 Å². The highest BCUT2D eigenvalue weighted by molar-refractivity contribution is 6.34. The van der Waals surface area contributed by atoms with Crippen LogP contribution in [-0.2, 0) is 0 Å². The van der Waals surface area contributed by atoms with E-state index in [9.17, 15) is 4.39 Å². The second-order valence-electron chi connectivity index (χ2n) is 4.38. The van der Waals surface area contributed by atoms with E-state index in [1.807, 2.05) is 19.1 Å². The van der Waals surface area contributed by atoms with E-state index in [0.717, 1.165) is 5.56 Å². The number of halogens is 2. The van der Waals surface area contributed by atoms with Gasteiger partial charge in [0, 0.05) is 5.56 Å². The van der Waals surface area contributed by atoms with Gasteiger partial charge in [-0.05, 0) is 30.7 Å². The molecule has 0 atom stereocenters. The lowest BCUT2D eigenvalue weighted by Gasteiger charge is -2.06. The van der Waals surface area contributed by atoms with Crippen LogP contribution in [0.15, 0.2) is 52.7 Å². The summed E-state index contributed by atoms with van der Waals surface area (Å²) in [5.74, 6) is -0.403. The molecule has 2 aromatic carbocycles. The normalized spacial score (nSPS) is 12.5. The summed E-state index contributed by atoms with van der Waals surface area (Å²) in [4.78, 5) is 0. The molecular weight excluding hydrogens is 291 g/mol. The SMILES string of the molecule is Cc1cccc(Cl)c1/C(N)=N/N=C(\N)c1ccccc1F. The first-order valence-electron chi connectivity index (χ1n) is 6.17. The van der Waals surface area contributed by atoms with Crippen LogP contribution in [0, 0.1) is 12.7 Å².